The second-order valence-corrected chi connectivity index (χ2v) is 9.29. The molecule has 1 amide bonds. The van der Waals surface area contributed by atoms with E-state index in [1.165, 1.54) is 19.2 Å². The Morgan fingerprint density at radius 3 is 2.63 bits per heavy atom. The van der Waals surface area contributed by atoms with Crippen LogP contribution in [-0.4, -0.2) is 66.3 Å². The highest BCUT2D eigenvalue weighted by Gasteiger charge is 2.52. The van der Waals surface area contributed by atoms with Crippen molar-refractivity contribution in [3.05, 3.63) is 33.7 Å². The maximum Gasteiger partial charge on any atom is 0.353 e. The summed E-state index contributed by atoms with van der Waals surface area (Å²) in [5, 5.41) is 21.7. The molecule has 4 rings (SSSR count). The molecule has 1 aromatic carbocycles. The van der Waals surface area contributed by atoms with Crippen molar-refractivity contribution in [1.29, 1.82) is 0 Å². The monoisotopic (exact) mass is 493 g/mol. The number of methoxy groups -OCH3 is 1. The lowest BCUT2D eigenvalue weighted by Crippen LogP contribution is -2.65. The lowest BCUT2D eigenvalue weighted by Gasteiger charge is -2.48. The summed E-state index contributed by atoms with van der Waals surface area (Å²) in [7, 11) is 1.48. The van der Waals surface area contributed by atoms with E-state index >= 15 is 0 Å². The number of nitrogens with two attached hydrogens (primary N) is 1. The minimum atomic E-state index is -1.10. The molecule has 1 aromatic heterocycles. The van der Waals surface area contributed by atoms with Crippen molar-refractivity contribution in [2.24, 2.45) is 5.73 Å². The van der Waals surface area contributed by atoms with E-state index in [0.29, 0.717) is 18.6 Å². The number of rotatable bonds is 6. The van der Waals surface area contributed by atoms with Crippen LogP contribution < -0.4 is 16.1 Å². The van der Waals surface area contributed by atoms with Gasteiger partial charge in [0.2, 0.25) is 6.29 Å². The number of fused-ring (bicyclic) bond motifs is 1. The number of carbonyl (C=O) groups excluding carboxylic acids is 1. The van der Waals surface area contributed by atoms with Crippen molar-refractivity contribution in [1.82, 2.24) is 0 Å². The van der Waals surface area contributed by atoms with Crippen molar-refractivity contribution in [2.45, 2.75) is 76.5 Å². The van der Waals surface area contributed by atoms with Gasteiger partial charge in [-0.05, 0) is 52.2 Å². The van der Waals surface area contributed by atoms with Gasteiger partial charge in [0.05, 0.1) is 11.0 Å². The van der Waals surface area contributed by atoms with Gasteiger partial charge in [0.1, 0.15) is 29.3 Å². The first-order valence-electron chi connectivity index (χ1n) is 11.5. The molecule has 2 saturated heterocycles. The molecule has 2 aliphatic heterocycles. The third kappa shape index (κ3) is 4.74. The molecule has 5 atom stereocenters. The summed E-state index contributed by atoms with van der Waals surface area (Å²) in [6.45, 7) is 5.71. The van der Waals surface area contributed by atoms with E-state index in [1.807, 2.05) is 0 Å². The molecule has 2 fully saturated rings. The number of primary amides is 1. The molecule has 35 heavy (non-hydrogen) atoms. The Hall–Kier alpha value is -2.70. The van der Waals surface area contributed by atoms with Crippen molar-refractivity contribution < 1.29 is 43.1 Å². The van der Waals surface area contributed by atoms with Gasteiger partial charge in [-0.1, -0.05) is 0 Å². The van der Waals surface area contributed by atoms with Crippen LogP contribution in [0.5, 0.6) is 11.5 Å². The Labute approximate surface area is 201 Å². The molecule has 0 saturated carbocycles. The number of carbonyl (C=O) groups is 1. The van der Waals surface area contributed by atoms with Gasteiger partial charge in [0.15, 0.2) is 18.0 Å². The van der Waals surface area contributed by atoms with Crippen LogP contribution in [0.15, 0.2) is 21.3 Å². The number of hydrogen-bond donors (Lipinski definition) is 3. The molecular weight excluding hydrogens is 462 g/mol. The fourth-order valence-electron chi connectivity index (χ4n) is 4.67. The summed E-state index contributed by atoms with van der Waals surface area (Å²) in [4.78, 5) is 23.8. The van der Waals surface area contributed by atoms with Crippen LogP contribution in [0.25, 0.3) is 11.0 Å². The Kier molecular flexibility index (Phi) is 7.07. The molecule has 3 heterocycles. The summed E-state index contributed by atoms with van der Waals surface area (Å²) in [5.41, 5.74) is 2.96. The highest BCUT2D eigenvalue weighted by Crippen LogP contribution is 2.38. The van der Waals surface area contributed by atoms with Crippen LogP contribution in [0.1, 0.15) is 49.0 Å². The van der Waals surface area contributed by atoms with Crippen molar-refractivity contribution >= 4 is 16.9 Å². The molecule has 1 unspecified atom stereocenters. The lowest BCUT2D eigenvalue weighted by molar-refractivity contribution is -0.339. The zero-order valence-corrected chi connectivity index (χ0v) is 20.1. The number of aryl methyl sites for hydroxylation is 1. The maximum absolute atomic E-state index is 12.2. The highest BCUT2D eigenvalue weighted by atomic mass is 16.7. The van der Waals surface area contributed by atoms with E-state index in [-0.39, 0.29) is 16.7 Å². The van der Waals surface area contributed by atoms with Crippen molar-refractivity contribution in [3.63, 3.8) is 0 Å². The van der Waals surface area contributed by atoms with E-state index in [0.717, 1.165) is 12.8 Å². The minimum absolute atomic E-state index is 0.0217. The summed E-state index contributed by atoms with van der Waals surface area (Å²) in [6.07, 6.45) is -1.82. The first-order valence-corrected chi connectivity index (χ1v) is 11.5. The van der Waals surface area contributed by atoms with Crippen LogP contribution in [-0.2, 0) is 18.9 Å². The molecular formula is C24H31NO10. The second kappa shape index (κ2) is 9.75. The SMILES string of the molecule is CO[C@@H]1[C@@H](O)[C@@H](OC2CCCCO2)[C@H](Oc2ccc3c(O)c(C(N)=O)c(=O)oc3c2C)OC1(C)C. The molecule has 11 heteroatoms. The van der Waals surface area contributed by atoms with Gasteiger partial charge in [-0.2, -0.15) is 0 Å². The largest absolute Gasteiger partial charge is 0.506 e. The van der Waals surface area contributed by atoms with Gasteiger partial charge in [-0.15, -0.1) is 0 Å². The van der Waals surface area contributed by atoms with E-state index in [4.69, 9.17) is 33.8 Å². The van der Waals surface area contributed by atoms with Crippen LogP contribution in [0.3, 0.4) is 0 Å². The number of ether oxygens (including phenoxy) is 5. The van der Waals surface area contributed by atoms with Gasteiger partial charge in [0, 0.05) is 19.3 Å². The molecule has 2 aromatic rings. The van der Waals surface area contributed by atoms with Crippen LogP contribution in [0.2, 0.25) is 0 Å². The fraction of sp³-hybridized carbons (Fsp3) is 0.583. The van der Waals surface area contributed by atoms with Crippen LogP contribution in [0.4, 0.5) is 0 Å². The second-order valence-electron chi connectivity index (χ2n) is 9.29. The predicted molar refractivity (Wildman–Crippen MR) is 122 cm³/mol. The number of amides is 1. The third-order valence-corrected chi connectivity index (χ3v) is 6.46. The zero-order valence-electron chi connectivity index (χ0n) is 20.1. The standard InChI is InChI=1S/C24H31NO10/c1-11-13(9-8-12-16(26)15(21(25)28)22(29)34-18(11)12)32-23-19(33-14-7-5-6-10-31-14)17(27)20(30-4)24(2,3)35-23/h8-9,14,17,19-20,23,26-27H,5-7,10H2,1-4H3,(H2,25,28)/t14?,17-,19+,20+,23+/m0/s1. The number of aliphatic hydroxyl groups excluding tert-OH is 1. The average molecular weight is 494 g/mol. The summed E-state index contributed by atoms with van der Waals surface area (Å²) in [5.74, 6) is -1.41. The van der Waals surface area contributed by atoms with E-state index in [1.54, 1.807) is 20.8 Å². The fourth-order valence-corrected chi connectivity index (χ4v) is 4.67. The predicted octanol–water partition coefficient (Wildman–Crippen LogP) is 1.71. The molecule has 4 N–H and O–H groups in total. The highest BCUT2D eigenvalue weighted by molar-refractivity contribution is 6.01. The molecule has 11 nitrogen and oxygen atoms in total. The Morgan fingerprint density at radius 1 is 1.26 bits per heavy atom. The average Bonchev–Trinajstić information content (AvgIpc) is 2.79. The lowest BCUT2D eigenvalue weighted by atomic mass is 9.89. The topological polar surface area (TPSA) is 160 Å². The van der Waals surface area contributed by atoms with Gasteiger partial charge in [-0.25, -0.2) is 4.79 Å². The van der Waals surface area contributed by atoms with Gasteiger partial charge in [-0.3, -0.25) is 4.79 Å². The number of aromatic hydroxyl groups is 1. The quantitative estimate of drug-likeness (QED) is 0.505. The van der Waals surface area contributed by atoms with Gasteiger partial charge < -0.3 is 44.0 Å². The first kappa shape index (κ1) is 25.4. The number of aliphatic hydroxyl groups is 1. The maximum atomic E-state index is 12.2. The van der Waals surface area contributed by atoms with Crippen molar-refractivity contribution in [3.8, 4) is 11.5 Å². The molecule has 0 bridgehead atoms. The van der Waals surface area contributed by atoms with Crippen molar-refractivity contribution in [2.75, 3.05) is 13.7 Å². The Balaban J connectivity index is 1.70. The number of benzene rings is 1. The zero-order chi connectivity index (χ0) is 25.5. The molecule has 2 aliphatic rings. The van der Waals surface area contributed by atoms with Gasteiger partial charge in [0.25, 0.3) is 5.91 Å². The first-order chi connectivity index (χ1) is 16.5. The Morgan fingerprint density at radius 2 is 2.00 bits per heavy atom. The Bertz CT molecular complexity index is 1150. The van der Waals surface area contributed by atoms with Crippen LogP contribution in [0, 0.1) is 6.92 Å². The third-order valence-electron chi connectivity index (χ3n) is 6.46. The molecule has 0 aliphatic carbocycles. The van der Waals surface area contributed by atoms with E-state index < -0.39 is 59.3 Å². The number of hydrogen-bond acceptors (Lipinski definition) is 10. The molecule has 0 spiro atoms. The summed E-state index contributed by atoms with van der Waals surface area (Å²) < 4.78 is 34.9. The van der Waals surface area contributed by atoms with Gasteiger partial charge >= 0.3 is 5.63 Å². The molecule has 0 radical (unpaired) electrons. The minimum Gasteiger partial charge on any atom is -0.506 e. The summed E-state index contributed by atoms with van der Waals surface area (Å²) >= 11 is 0. The summed E-state index contributed by atoms with van der Waals surface area (Å²) in [6, 6.07) is 2.96. The van der Waals surface area contributed by atoms with E-state index in [2.05, 4.69) is 0 Å². The molecule has 192 valence electrons. The van der Waals surface area contributed by atoms with E-state index in [9.17, 15) is 19.8 Å². The smallest absolute Gasteiger partial charge is 0.353 e. The van der Waals surface area contributed by atoms with Crippen LogP contribution >= 0.6 is 0 Å². The normalized spacial score (nSPS) is 28.7.